The first-order valence-electron chi connectivity index (χ1n) is 7.01. The van der Waals surface area contributed by atoms with Crippen molar-refractivity contribution in [2.75, 3.05) is 5.32 Å². The van der Waals surface area contributed by atoms with E-state index in [1.165, 1.54) is 40.5 Å². The summed E-state index contributed by atoms with van der Waals surface area (Å²) in [7, 11) is 0. The van der Waals surface area contributed by atoms with Crippen molar-refractivity contribution in [2.24, 2.45) is 5.92 Å². The summed E-state index contributed by atoms with van der Waals surface area (Å²) in [5, 5.41) is 3.71. The third-order valence-corrected chi connectivity index (χ3v) is 4.28. The van der Waals surface area contributed by atoms with E-state index in [9.17, 15) is 0 Å². The lowest BCUT2D eigenvalue weighted by Crippen LogP contribution is -2.22. The van der Waals surface area contributed by atoms with Gasteiger partial charge in [-0.25, -0.2) is 0 Å². The van der Waals surface area contributed by atoms with Gasteiger partial charge in [-0.3, -0.25) is 0 Å². The molecule has 2 heteroatoms. The van der Waals surface area contributed by atoms with E-state index < -0.39 is 0 Å². The zero-order valence-corrected chi connectivity index (χ0v) is 13.9. The fourth-order valence-corrected chi connectivity index (χ4v) is 3.07. The lowest BCUT2D eigenvalue weighted by Gasteiger charge is -2.23. The number of aryl methyl sites for hydroxylation is 2. The summed E-state index contributed by atoms with van der Waals surface area (Å²) < 4.78 is 1.18. The molecule has 0 aliphatic carbocycles. The zero-order valence-electron chi connectivity index (χ0n) is 12.3. The molecule has 0 spiro atoms. The van der Waals surface area contributed by atoms with Crippen LogP contribution in [-0.4, -0.2) is 6.04 Å². The number of benzene rings is 1. The maximum absolute atomic E-state index is 3.71. The second-order valence-electron chi connectivity index (χ2n) is 5.44. The molecule has 0 aliphatic rings. The molecule has 2 atom stereocenters. The van der Waals surface area contributed by atoms with Crippen molar-refractivity contribution in [1.82, 2.24) is 0 Å². The van der Waals surface area contributed by atoms with Gasteiger partial charge >= 0.3 is 0 Å². The van der Waals surface area contributed by atoms with Crippen LogP contribution in [0.2, 0.25) is 0 Å². The molecule has 0 fully saturated rings. The molecular weight excluding hydrogens is 286 g/mol. The molecule has 1 N–H and O–H groups in total. The summed E-state index contributed by atoms with van der Waals surface area (Å²) >= 11 is 3.68. The molecule has 1 aromatic carbocycles. The van der Waals surface area contributed by atoms with E-state index in [1.807, 2.05) is 0 Å². The lowest BCUT2D eigenvalue weighted by atomic mass is 9.97. The maximum Gasteiger partial charge on any atom is 0.0516 e. The molecule has 0 heterocycles. The van der Waals surface area contributed by atoms with Crippen molar-refractivity contribution in [3.8, 4) is 0 Å². The van der Waals surface area contributed by atoms with E-state index in [4.69, 9.17) is 0 Å². The SMILES string of the molecule is CCC(C)CC(CC)Nc1c(C)cc(C)cc1Br. The number of hydrogen-bond acceptors (Lipinski definition) is 1. The third-order valence-electron chi connectivity index (χ3n) is 3.66. The summed E-state index contributed by atoms with van der Waals surface area (Å²) in [6, 6.07) is 4.99. The highest BCUT2D eigenvalue weighted by Crippen LogP contribution is 2.29. The highest BCUT2D eigenvalue weighted by atomic mass is 79.9. The minimum atomic E-state index is 0.567. The molecule has 1 aromatic rings. The minimum Gasteiger partial charge on any atom is -0.381 e. The van der Waals surface area contributed by atoms with Gasteiger partial charge in [-0.1, -0.05) is 33.3 Å². The van der Waals surface area contributed by atoms with Gasteiger partial charge in [-0.2, -0.15) is 0 Å². The highest BCUT2D eigenvalue weighted by Gasteiger charge is 2.13. The van der Waals surface area contributed by atoms with E-state index >= 15 is 0 Å². The molecule has 0 saturated carbocycles. The second-order valence-corrected chi connectivity index (χ2v) is 6.29. The Morgan fingerprint density at radius 2 is 1.83 bits per heavy atom. The highest BCUT2D eigenvalue weighted by molar-refractivity contribution is 9.10. The normalized spacial score (nSPS) is 14.3. The third kappa shape index (κ3) is 4.31. The van der Waals surface area contributed by atoms with Crippen LogP contribution in [-0.2, 0) is 0 Å². The van der Waals surface area contributed by atoms with Crippen molar-refractivity contribution in [3.05, 3.63) is 27.7 Å². The molecule has 0 saturated heterocycles. The van der Waals surface area contributed by atoms with E-state index in [-0.39, 0.29) is 0 Å². The van der Waals surface area contributed by atoms with Crippen LogP contribution in [0.4, 0.5) is 5.69 Å². The van der Waals surface area contributed by atoms with E-state index in [0.29, 0.717) is 6.04 Å². The van der Waals surface area contributed by atoms with Crippen molar-refractivity contribution in [2.45, 2.75) is 59.9 Å². The molecule has 1 rings (SSSR count). The molecule has 1 nitrogen and oxygen atoms in total. The molecule has 0 aliphatic heterocycles. The van der Waals surface area contributed by atoms with Gasteiger partial charge in [0.05, 0.1) is 5.69 Å². The number of halogens is 1. The monoisotopic (exact) mass is 311 g/mol. The van der Waals surface area contributed by atoms with E-state index in [0.717, 1.165) is 5.92 Å². The first-order chi connectivity index (χ1) is 8.47. The minimum absolute atomic E-state index is 0.567. The lowest BCUT2D eigenvalue weighted by molar-refractivity contribution is 0.461. The van der Waals surface area contributed by atoms with Gasteiger partial charge in [0.25, 0.3) is 0 Å². The van der Waals surface area contributed by atoms with Crippen LogP contribution in [0.5, 0.6) is 0 Å². The predicted octanol–water partition coefficient (Wildman–Crippen LogP) is 5.69. The van der Waals surface area contributed by atoms with Crippen LogP contribution in [0.3, 0.4) is 0 Å². The summed E-state index contributed by atoms with van der Waals surface area (Å²) in [5.74, 6) is 0.784. The van der Waals surface area contributed by atoms with Crippen molar-refractivity contribution < 1.29 is 0 Å². The molecular formula is C16H26BrN. The topological polar surface area (TPSA) is 12.0 Å². The molecule has 102 valence electrons. The fraction of sp³-hybridized carbons (Fsp3) is 0.625. The van der Waals surface area contributed by atoms with Crippen LogP contribution < -0.4 is 5.32 Å². The van der Waals surface area contributed by atoms with E-state index in [2.05, 4.69) is 68.0 Å². The predicted molar refractivity (Wildman–Crippen MR) is 85.4 cm³/mol. The van der Waals surface area contributed by atoms with Gasteiger partial charge in [0.1, 0.15) is 0 Å². The Morgan fingerprint density at radius 3 is 2.33 bits per heavy atom. The van der Waals surface area contributed by atoms with Crippen molar-refractivity contribution >= 4 is 21.6 Å². The number of hydrogen-bond donors (Lipinski definition) is 1. The van der Waals surface area contributed by atoms with Crippen LogP contribution in [0.15, 0.2) is 16.6 Å². The zero-order chi connectivity index (χ0) is 13.7. The first-order valence-corrected chi connectivity index (χ1v) is 7.80. The van der Waals surface area contributed by atoms with Gasteiger partial charge in [-0.15, -0.1) is 0 Å². The van der Waals surface area contributed by atoms with Crippen LogP contribution in [0.25, 0.3) is 0 Å². The largest absolute Gasteiger partial charge is 0.381 e. The second kappa shape index (κ2) is 7.18. The average Bonchev–Trinajstić information content (AvgIpc) is 2.31. The van der Waals surface area contributed by atoms with Crippen molar-refractivity contribution in [3.63, 3.8) is 0 Å². The van der Waals surface area contributed by atoms with Gasteiger partial charge in [0.15, 0.2) is 0 Å². The molecule has 18 heavy (non-hydrogen) atoms. The summed E-state index contributed by atoms with van der Waals surface area (Å²) in [4.78, 5) is 0. The fourth-order valence-electron chi connectivity index (χ4n) is 2.28. The Kier molecular flexibility index (Phi) is 6.20. The summed E-state index contributed by atoms with van der Waals surface area (Å²) in [6.07, 6.45) is 3.67. The average molecular weight is 312 g/mol. The molecule has 0 aromatic heterocycles. The summed E-state index contributed by atoms with van der Waals surface area (Å²) in [5.41, 5.74) is 3.89. The Labute approximate surface area is 120 Å². The first kappa shape index (κ1) is 15.6. The van der Waals surface area contributed by atoms with Gasteiger partial charge in [-0.05, 0) is 65.7 Å². The number of nitrogens with one attached hydrogen (secondary N) is 1. The summed E-state index contributed by atoms with van der Waals surface area (Å²) in [6.45, 7) is 11.2. The maximum atomic E-state index is 3.71. The Hall–Kier alpha value is -0.500. The van der Waals surface area contributed by atoms with Crippen LogP contribution >= 0.6 is 15.9 Å². The smallest absolute Gasteiger partial charge is 0.0516 e. The molecule has 0 amide bonds. The van der Waals surface area contributed by atoms with Crippen LogP contribution in [0.1, 0.15) is 51.2 Å². The quantitative estimate of drug-likeness (QED) is 0.711. The molecule has 2 unspecified atom stereocenters. The number of rotatable bonds is 6. The van der Waals surface area contributed by atoms with Crippen molar-refractivity contribution in [1.29, 1.82) is 0 Å². The Balaban J connectivity index is 2.82. The van der Waals surface area contributed by atoms with E-state index in [1.54, 1.807) is 0 Å². The number of anilines is 1. The molecule has 0 bridgehead atoms. The van der Waals surface area contributed by atoms with Gasteiger partial charge in [0.2, 0.25) is 0 Å². The van der Waals surface area contributed by atoms with Gasteiger partial charge in [0, 0.05) is 10.5 Å². The Morgan fingerprint density at radius 1 is 1.17 bits per heavy atom. The Bertz CT molecular complexity index is 364. The van der Waals surface area contributed by atoms with Gasteiger partial charge < -0.3 is 5.32 Å². The standard InChI is InChI=1S/C16H26BrN/c1-6-11(3)9-14(7-2)18-16-13(5)8-12(4)10-15(16)17/h8,10-11,14,18H,6-7,9H2,1-5H3. The molecule has 0 radical (unpaired) electrons. The van der Waals surface area contributed by atoms with Crippen LogP contribution in [0, 0.1) is 19.8 Å².